The quantitative estimate of drug-likeness (QED) is 0.728. The van der Waals surface area contributed by atoms with Gasteiger partial charge in [-0.1, -0.05) is 60.5 Å². The van der Waals surface area contributed by atoms with Crippen LogP contribution in [-0.4, -0.2) is 18.3 Å². The largest absolute Gasteiger partial charge is 0.492 e. The van der Waals surface area contributed by atoms with Gasteiger partial charge in [0, 0.05) is 23.7 Å². The number of hydrogen-bond acceptors (Lipinski definition) is 3. The zero-order valence-corrected chi connectivity index (χ0v) is 14.6. The van der Waals surface area contributed by atoms with Gasteiger partial charge >= 0.3 is 0 Å². The van der Waals surface area contributed by atoms with E-state index in [4.69, 9.17) is 27.9 Å². The molecule has 2 aromatic rings. The molecule has 23 heavy (non-hydrogen) atoms. The highest BCUT2D eigenvalue weighted by atomic mass is 35.5. The molecule has 0 heterocycles. The SMILES string of the molecule is CCCOc1c(Cl)cc(Cl)cc1CNC[C@H](O)c1ccccc1. The average molecular weight is 354 g/mol. The van der Waals surface area contributed by atoms with Gasteiger partial charge in [0.2, 0.25) is 0 Å². The van der Waals surface area contributed by atoms with Gasteiger partial charge in [0.25, 0.3) is 0 Å². The highest BCUT2D eigenvalue weighted by Gasteiger charge is 2.12. The first-order valence-corrected chi connectivity index (χ1v) is 8.41. The number of rotatable bonds is 8. The van der Waals surface area contributed by atoms with Gasteiger partial charge in [-0.05, 0) is 24.1 Å². The highest BCUT2D eigenvalue weighted by Crippen LogP contribution is 2.32. The summed E-state index contributed by atoms with van der Waals surface area (Å²) in [6.07, 6.45) is 0.337. The molecule has 124 valence electrons. The van der Waals surface area contributed by atoms with E-state index in [1.807, 2.05) is 43.3 Å². The van der Waals surface area contributed by atoms with Crippen molar-refractivity contribution in [2.75, 3.05) is 13.2 Å². The van der Waals surface area contributed by atoms with E-state index in [-0.39, 0.29) is 0 Å². The van der Waals surface area contributed by atoms with Gasteiger partial charge < -0.3 is 15.2 Å². The van der Waals surface area contributed by atoms with Crippen molar-refractivity contribution in [2.24, 2.45) is 0 Å². The van der Waals surface area contributed by atoms with Crippen molar-refractivity contribution in [1.29, 1.82) is 0 Å². The Morgan fingerprint density at radius 3 is 2.61 bits per heavy atom. The lowest BCUT2D eigenvalue weighted by atomic mass is 10.1. The summed E-state index contributed by atoms with van der Waals surface area (Å²) < 4.78 is 5.72. The van der Waals surface area contributed by atoms with E-state index in [1.165, 1.54) is 0 Å². The van der Waals surface area contributed by atoms with Crippen molar-refractivity contribution < 1.29 is 9.84 Å². The first kappa shape index (κ1) is 18.1. The van der Waals surface area contributed by atoms with E-state index in [9.17, 15) is 5.11 Å². The van der Waals surface area contributed by atoms with Crippen molar-refractivity contribution in [3.63, 3.8) is 0 Å². The number of benzene rings is 2. The van der Waals surface area contributed by atoms with Crippen LogP contribution in [0, 0.1) is 0 Å². The second kappa shape index (κ2) is 9.14. The Kier molecular flexibility index (Phi) is 7.18. The summed E-state index contributed by atoms with van der Waals surface area (Å²) >= 11 is 12.3. The molecule has 0 unspecified atom stereocenters. The fourth-order valence-electron chi connectivity index (χ4n) is 2.25. The van der Waals surface area contributed by atoms with E-state index in [0.717, 1.165) is 17.5 Å². The summed E-state index contributed by atoms with van der Waals surface area (Å²) in [6, 6.07) is 13.1. The summed E-state index contributed by atoms with van der Waals surface area (Å²) in [7, 11) is 0. The highest BCUT2D eigenvalue weighted by molar-refractivity contribution is 6.35. The fraction of sp³-hybridized carbons (Fsp3) is 0.333. The Balaban J connectivity index is 1.99. The molecule has 2 N–H and O–H groups in total. The number of nitrogens with one attached hydrogen (secondary N) is 1. The maximum Gasteiger partial charge on any atom is 0.142 e. The van der Waals surface area contributed by atoms with E-state index < -0.39 is 6.10 Å². The predicted octanol–water partition coefficient (Wildman–Crippen LogP) is 4.61. The molecule has 5 heteroatoms. The van der Waals surface area contributed by atoms with Gasteiger partial charge in [-0.15, -0.1) is 0 Å². The van der Waals surface area contributed by atoms with Crippen LogP contribution in [0.5, 0.6) is 5.75 Å². The molecule has 0 aliphatic carbocycles. The molecule has 2 rings (SSSR count). The minimum Gasteiger partial charge on any atom is -0.492 e. The lowest BCUT2D eigenvalue weighted by Gasteiger charge is -2.16. The molecular formula is C18H21Cl2NO2. The Morgan fingerprint density at radius 2 is 1.91 bits per heavy atom. The van der Waals surface area contributed by atoms with Crippen molar-refractivity contribution in [3.8, 4) is 5.75 Å². The van der Waals surface area contributed by atoms with E-state index in [2.05, 4.69) is 5.32 Å². The average Bonchev–Trinajstić information content (AvgIpc) is 2.54. The van der Waals surface area contributed by atoms with Crippen LogP contribution in [0.15, 0.2) is 42.5 Å². The Bertz CT molecular complexity index is 620. The smallest absolute Gasteiger partial charge is 0.142 e. The van der Waals surface area contributed by atoms with Crippen LogP contribution in [0.25, 0.3) is 0 Å². The monoisotopic (exact) mass is 353 g/mol. The van der Waals surface area contributed by atoms with Gasteiger partial charge in [0.05, 0.1) is 17.7 Å². The summed E-state index contributed by atoms with van der Waals surface area (Å²) in [5.41, 5.74) is 1.77. The maximum absolute atomic E-state index is 10.2. The molecule has 0 spiro atoms. The van der Waals surface area contributed by atoms with Crippen molar-refractivity contribution >= 4 is 23.2 Å². The van der Waals surface area contributed by atoms with Gasteiger partial charge in [-0.3, -0.25) is 0 Å². The third-order valence-corrected chi connectivity index (χ3v) is 3.87. The van der Waals surface area contributed by atoms with E-state index in [0.29, 0.717) is 35.5 Å². The standard InChI is InChI=1S/C18H21Cl2NO2/c1-2-8-23-18-14(9-15(19)10-16(18)20)11-21-12-17(22)13-6-4-3-5-7-13/h3-7,9-10,17,21-22H,2,8,11-12H2,1H3/t17-/m0/s1. The summed E-state index contributed by atoms with van der Waals surface area (Å²) in [5.74, 6) is 0.652. The van der Waals surface area contributed by atoms with Crippen LogP contribution < -0.4 is 10.1 Å². The molecule has 0 aliphatic heterocycles. The number of aliphatic hydroxyl groups is 1. The maximum atomic E-state index is 10.2. The second-order valence-electron chi connectivity index (χ2n) is 5.28. The molecule has 0 aliphatic rings. The van der Waals surface area contributed by atoms with Gasteiger partial charge in [-0.2, -0.15) is 0 Å². The molecular weight excluding hydrogens is 333 g/mol. The number of halogens is 2. The molecule has 2 aromatic carbocycles. The predicted molar refractivity (Wildman–Crippen MR) is 95.4 cm³/mol. The number of aliphatic hydroxyl groups excluding tert-OH is 1. The Hall–Kier alpha value is -1.26. The van der Waals surface area contributed by atoms with Crippen LogP contribution in [0.2, 0.25) is 10.0 Å². The number of hydrogen-bond donors (Lipinski definition) is 2. The third-order valence-electron chi connectivity index (χ3n) is 3.37. The first-order chi connectivity index (χ1) is 11.1. The molecule has 1 atom stereocenters. The third kappa shape index (κ3) is 5.40. The Morgan fingerprint density at radius 1 is 1.17 bits per heavy atom. The van der Waals surface area contributed by atoms with Crippen molar-refractivity contribution in [2.45, 2.75) is 26.0 Å². The molecule has 0 saturated carbocycles. The summed E-state index contributed by atoms with van der Waals surface area (Å²) in [6.45, 7) is 3.59. The van der Waals surface area contributed by atoms with Crippen LogP contribution in [0.4, 0.5) is 0 Å². The second-order valence-corrected chi connectivity index (χ2v) is 6.13. The lowest BCUT2D eigenvalue weighted by Crippen LogP contribution is -2.21. The molecule has 0 amide bonds. The van der Waals surface area contributed by atoms with Crippen LogP contribution in [0.3, 0.4) is 0 Å². The van der Waals surface area contributed by atoms with Crippen LogP contribution in [-0.2, 0) is 6.54 Å². The molecule has 0 aromatic heterocycles. The van der Waals surface area contributed by atoms with Crippen molar-refractivity contribution in [3.05, 3.63) is 63.6 Å². The first-order valence-electron chi connectivity index (χ1n) is 7.66. The zero-order chi connectivity index (χ0) is 16.7. The fourth-order valence-corrected chi connectivity index (χ4v) is 2.84. The minimum atomic E-state index is -0.564. The van der Waals surface area contributed by atoms with Gasteiger partial charge in [0.1, 0.15) is 5.75 Å². The Labute approximate surface area is 147 Å². The van der Waals surface area contributed by atoms with Gasteiger partial charge in [0.15, 0.2) is 0 Å². The number of ether oxygens (including phenoxy) is 1. The van der Waals surface area contributed by atoms with E-state index >= 15 is 0 Å². The minimum absolute atomic E-state index is 0.432. The molecule has 0 bridgehead atoms. The lowest BCUT2D eigenvalue weighted by molar-refractivity contribution is 0.174. The van der Waals surface area contributed by atoms with Crippen LogP contribution >= 0.6 is 23.2 Å². The summed E-state index contributed by atoms with van der Waals surface area (Å²) in [4.78, 5) is 0. The molecule has 0 saturated heterocycles. The van der Waals surface area contributed by atoms with Gasteiger partial charge in [-0.25, -0.2) is 0 Å². The molecule has 3 nitrogen and oxygen atoms in total. The summed E-state index contributed by atoms with van der Waals surface area (Å²) in [5, 5.41) is 14.5. The van der Waals surface area contributed by atoms with Crippen molar-refractivity contribution in [1.82, 2.24) is 5.32 Å². The zero-order valence-electron chi connectivity index (χ0n) is 13.1. The molecule has 0 fully saturated rings. The topological polar surface area (TPSA) is 41.5 Å². The molecule has 0 radical (unpaired) electrons. The van der Waals surface area contributed by atoms with E-state index in [1.54, 1.807) is 6.07 Å². The van der Waals surface area contributed by atoms with Crippen LogP contribution in [0.1, 0.15) is 30.6 Å². The normalized spacial score (nSPS) is 12.2.